The summed E-state index contributed by atoms with van der Waals surface area (Å²) in [5.74, 6) is 1.25. The van der Waals surface area contributed by atoms with Crippen LogP contribution < -0.4 is 0 Å². The summed E-state index contributed by atoms with van der Waals surface area (Å²) >= 11 is 5.16. The number of hydrogen-bond donors (Lipinski definition) is 0. The molecule has 3 nitrogen and oxygen atoms in total. The third kappa shape index (κ3) is 2.64. The van der Waals surface area contributed by atoms with Crippen LogP contribution in [0.15, 0.2) is 17.0 Å². The molecule has 2 aromatic heterocycles. The van der Waals surface area contributed by atoms with Crippen molar-refractivity contribution < 1.29 is 4.79 Å². The van der Waals surface area contributed by atoms with Crippen molar-refractivity contribution >= 4 is 40.3 Å². The maximum absolute atomic E-state index is 12.7. The number of thiazole rings is 1. The Hall–Kier alpha value is -0.850. The molecule has 2 aromatic rings. The number of hydrogen-bond acceptors (Lipinski definition) is 5. The zero-order valence-electron chi connectivity index (χ0n) is 11.5. The lowest BCUT2D eigenvalue weighted by Crippen LogP contribution is -2.31. The Morgan fingerprint density at radius 3 is 3.10 bits per heavy atom. The van der Waals surface area contributed by atoms with E-state index in [2.05, 4.69) is 16.4 Å². The largest absolute Gasteiger partial charge is 0.339 e. The number of carbonyl (C=O) groups is 1. The molecule has 0 fully saturated rings. The molecule has 0 saturated heterocycles. The molecule has 0 bridgehead atoms. The number of likely N-dealkylation sites (N-methyl/N-ethyl adjacent to an activating group) is 1. The number of amides is 1. The van der Waals surface area contributed by atoms with E-state index in [1.807, 2.05) is 24.4 Å². The van der Waals surface area contributed by atoms with Gasteiger partial charge in [-0.25, -0.2) is 4.98 Å². The third-order valence-electron chi connectivity index (χ3n) is 3.50. The van der Waals surface area contributed by atoms with E-state index in [-0.39, 0.29) is 11.2 Å². The Balaban J connectivity index is 1.75. The maximum Gasteiger partial charge on any atom is 0.240 e. The van der Waals surface area contributed by atoms with Crippen molar-refractivity contribution in [3.05, 3.63) is 38.0 Å². The Kier molecular flexibility index (Phi) is 4.14. The van der Waals surface area contributed by atoms with Crippen molar-refractivity contribution in [2.24, 2.45) is 0 Å². The second-order valence-electron chi connectivity index (χ2n) is 4.86. The molecule has 6 heteroatoms. The summed E-state index contributed by atoms with van der Waals surface area (Å²) in [6, 6.07) is 2.11. The third-order valence-corrected chi connectivity index (χ3v) is 6.65. The van der Waals surface area contributed by atoms with E-state index in [1.54, 1.807) is 34.4 Å². The van der Waals surface area contributed by atoms with Gasteiger partial charge in [-0.05, 0) is 36.1 Å². The zero-order chi connectivity index (χ0) is 14.1. The number of thioether (sulfide) groups is 1. The van der Waals surface area contributed by atoms with Crippen molar-refractivity contribution in [3.8, 4) is 0 Å². The van der Waals surface area contributed by atoms with Gasteiger partial charge < -0.3 is 4.90 Å². The normalized spacial score (nSPS) is 17.8. The minimum Gasteiger partial charge on any atom is -0.339 e. The number of thiophene rings is 1. The Morgan fingerprint density at radius 2 is 2.35 bits per heavy atom. The molecule has 0 spiro atoms. The highest BCUT2D eigenvalue weighted by molar-refractivity contribution is 8.00. The predicted molar refractivity (Wildman–Crippen MR) is 86.5 cm³/mol. The number of rotatable bonds is 3. The first-order valence-electron chi connectivity index (χ1n) is 6.48. The van der Waals surface area contributed by atoms with Crippen molar-refractivity contribution in [3.63, 3.8) is 0 Å². The first-order chi connectivity index (χ1) is 9.66. The predicted octanol–water partition coefficient (Wildman–Crippen LogP) is 3.50. The molecule has 20 heavy (non-hydrogen) atoms. The molecule has 1 aliphatic rings. The maximum atomic E-state index is 12.7. The first kappa shape index (κ1) is 14.1. The minimum atomic E-state index is -0.0248. The second-order valence-corrected chi connectivity index (χ2v) is 8.01. The van der Waals surface area contributed by atoms with E-state index < -0.39 is 0 Å². The Bertz CT molecular complexity index is 619. The van der Waals surface area contributed by atoms with Crippen LogP contribution in [-0.4, -0.2) is 28.6 Å². The van der Waals surface area contributed by atoms with Gasteiger partial charge in [-0.1, -0.05) is 0 Å². The van der Waals surface area contributed by atoms with Gasteiger partial charge in [0.15, 0.2) is 0 Å². The van der Waals surface area contributed by atoms with Gasteiger partial charge in [0.1, 0.15) is 5.25 Å². The smallest absolute Gasteiger partial charge is 0.240 e. The van der Waals surface area contributed by atoms with Gasteiger partial charge in [0.2, 0.25) is 5.91 Å². The van der Waals surface area contributed by atoms with Gasteiger partial charge in [0.05, 0.1) is 17.7 Å². The van der Waals surface area contributed by atoms with Crippen LogP contribution in [0.3, 0.4) is 0 Å². The van der Waals surface area contributed by atoms with Crippen molar-refractivity contribution in [1.82, 2.24) is 9.88 Å². The number of carbonyl (C=O) groups excluding carboxylic acids is 1. The molecule has 3 rings (SSSR count). The molecular weight excluding hydrogens is 308 g/mol. The first-order valence-corrected chi connectivity index (χ1v) is 9.29. The standard InChI is InChI=1S/C14H16N2OS3/c1-9-12(20-8-15-9)7-16(2)14(17)13-10-3-5-18-11(10)4-6-19-13/h3,5,8,13H,4,6-7H2,1-2H3. The number of aryl methyl sites for hydroxylation is 2. The molecule has 3 heterocycles. The molecule has 0 aliphatic carbocycles. The van der Waals surface area contributed by atoms with E-state index in [0.29, 0.717) is 6.54 Å². The molecule has 1 amide bonds. The summed E-state index contributed by atoms with van der Waals surface area (Å²) in [4.78, 5) is 21.3. The fraction of sp³-hybridized carbons (Fsp3) is 0.429. The van der Waals surface area contributed by atoms with Crippen LogP contribution in [0, 0.1) is 6.92 Å². The SMILES string of the molecule is Cc1ncsc1CN(C)C(=O)C1SCCc2sccc21. The van der Waals surface area contributed by atoms with Gasteiger partial charge >= 0.3 is 0 Å². The Labute approximate surface area is 131 Å². The second kappa shape index (κ2) is 5.87. The minimum absolute atomic E-state index is 0.0248. The summed E-state index contributed by atoms with van der Waals surface area (Å²) in [6.07, 6.45) is 1.10. The van der Waals surface area contributed by atoms with Crippen LogP contribution in [0.5, 0.6) is 0 Å². The molecule has 0 saturated carbocycles. The average Bonchev–Trinajstić information content (AvgIpc) is 3.07. The van der Waals surface area contributed by atoms with Crippen LogP contribution >= 0.6 is 34.4 Å². The van der Waals surface area contributed by atoms with Crippen LogP contribution in [-0.2, 0) is 17.8 Å². The highest BCUT2D eigenvalue weighted by Gasteiger charge is 2.30. The van der Waals surface area contributed by atoms with Crippen LogP contribution in [0.25, 0.3) is 0 Å². The average molecular weight is 324 g/mol. The van der Waals surface area contributed by atoms with E-state index in [9.17, 15) is 4.79 Å². The van der Waals surface area contributed by atoms with Gasteiger partial charge in [-0.2, -0.15) is 0 Å². The quantitative estimate of drug-likeness (QED) is 0.866. The molecule has 0 radical (unpaired) electrons. The molecule has 1 atom stereocenters. The lowest BCUT2D eigenvalue weighted by atomic mass is 10.1. The summed E-state index contributed by atoms with van der Waals surface area (Å²) in [5.41, 5.74) is 4.10. The van der Waals surface area contributed by atoms with Gasteiger partial charge in [0.25, 0.3) is 0 Å². The fourth-order valence-corrected chi connectivity index (χ4v) is 5.56. The molecule has 0 aromatic carbocycles. The van der Waals surface area contributed by atoms with E-state index in [0.717, 1.165) is 17.9 Å². The summed E-state index contributed by atoms with van der Waals surface area (Å²) in [7, 11) is 1.89. The summed E-state index contributed by atoms with van der Waals surface area (Å²) in [6.45, 7) is 2.66. The van der Waals surface area contributed by atoms with Crippen LogP contribution in [0.4, 0.5) is 0 Å². The molecule has 1 aliphatic heterocycles. The van der Waals surface area contributed by atoms with Crippen molar-refractivity contribution in [1.29, 1.82) is 0 Å². The van der Waals surface area contributed by atoms with E-state index >= 15 is 0 Å². The van der Waals surface area contributed by atoms with E-state index in [1.165, 1.54) is 15.3 Å². The lowest BCUT2D eigenvalue weighted by Gasteiger charge is -2.26. The Morgan fingerprint density at radius 1 is 1.50 bits per heavy atom. The number of nitrogens with zero attached hydrogens (tertiary/aromatic N) is 2. The van der Waals surface area contributed by atoms with E-state index in [4.69, 9.17) is 0 Å². The summed E-state index contributed by atoms with van der Waals surface area (Å²) < 4.78 is 0. The topological polar surface area (TPSA) is 33.2 Å². The molecule has 1 unspecified atom stereocenters. The van der Waals surface area contributed by atoms with Crippen LogP contribution in [0.1, 0.15) is 26.3 Å². The fourth-order valence-electron chi connectivity index (χ4n) is 2.32. The monoisotopic (exact) mass is 324 g/mol. The highest BCUT2D eigenvalue weighted by atomic mass is 32.2. The molecular formula is C14H16N2OS3. The highest BCUT2D eigenvalue weighted by Crippen LogP contribution is 2.40. The zero-order valence-corrected chi connectivity index (χ0v) is 13.9. The van der Waals surface area contributed by atoms with Crippen molar-refractivity contribution in [2.45, 2.75) is 25.1 Å². The van der Waals surface area contributed by atoms with Gasteiger partial charge in [0, 0.05) is 16.8 Å². The van der Waals surface area contributed by atoms with Gasteiger partial charge in [-0.15, -0.1) is 34.4 Å². The number of aromatic nitrogens is 1. The number of fused-ring (bicyclic) bond motifs is 1. The molecule has 106 valence electrons. The van der Waals surface area contributed by atoms with Crippen molar-refractivity contribution in [2.75, 3.05) is 12.8 Å². The van der Waals surface area contributed by atoms with Crippen LogP contribution in [0.2, 0.25) is 0 Å². The van der Waals surface area contributed by atoms with Gasteiger partial charge in [-0.3, -0.25) is 4.79 Å². The molecule has 0 N–H and O–H groups in total. The lowest BCUT2D eigenvalue weighted by molar-refractivity contribution is -0.129. The summed E-state index contributed by atoms with van der Waals surface area (Å²) in [5, 5.41) is 2.08.